The first-order valence-corrected chi connectivity index (χ1v) is 6.80. The van der Waals surface area contributed by atoms with Crippen LogP contribution in [0.1, 0.15) is 23.5 Å². The van der Waals surface area contributed by atoms with E-state index >= 15 is 0 Å². The topological polar surface area (TPSA) is 57.8 Å². The summed E-state index contributed by atoms with van der Waals surface area (Å²) in [7, 11) is 1.93. The normalized spacial score (nSPS) is 14.8. The third-order valence-corrected chi connectivity index (χ3v) is 3.71. The van der Waals surface area contributed by atoms with Gasteiger partial charge in [-0.15, -0.1) is 0 Å². The van der Waals surface area contributed by atoms with Gasteiger partial charge in [0.1, 0.15) is 5.82 Å². The second-order valence-electron chi connectivity index (χ2n) is 3.95. The second-order valence-corrected chi connectivity index (χ2v) is 5.05. The number of fused-ring (bicyclic) bond motifs is 1. The summed E-state index contributed by atoms with van der Waals surface area (Å²) in [6.07, 6.45) is 2.78. The van der Waals surface area contributed by atoms with Crippen LogP contribution in [0.4, 0.5) is 0 Å². The summed E-state index contributed by atoms with van der Waals surface area (Å²) in [5.74, 6) is 2.74. The minimum Gasteiger partial charge on any atom is -0.320 e. The standard InChI is InChI=1S/C11H17N3OS/c1-12-5-2-3-10-13-9-4-6-16-7-8(9)11(15)14-10/h12H,2-7H2,1H3,(H,13,14,15). The predicted molar refractivity (Wildman–Crippen MR) is 67.0 cm³/mol. The van der Waals surface area contributed by atoms with Crippen LogP contribution >= 0.6 is 11.8 Å². The monoisotopic (exact) mass is 239 g/mol. The molecule has 0 amide bonds. The summed E-state index contributed by atoms with van der Waals surface area (Å²) in [4.78, 5) is 19.2. The fourth-order valence-corrected chi connectivity index (χ4v) is 2.83. The zero-order chi connectivity index (χ0) is 11.4. The molecule has 1 aromatic heterocycles. The highest BCUT2D eigenvalue weighted by atomic mass is 32.2. The van der Waals surface area contributed by atoms with Gasteiger partial charge >= 0.3 is 0 Å². The van der Waals surface area contributed by atoms with E-state index in [1.165, 1.54) is 0 Å². The summed E-state index contributed by atoms with van der Waals surface area (Å²) in [5, 5.41) is 3.09. The molecule has 5 heteroatoms. The number of H-pyrrole nitrogens is 1. The van der Waals surface area contributed by atoms with E-state index in [0.717, 1.165) is 54.4 Å². The van der Waals surface area contributed by atoms with Crippen molar-refractivity contribution in [2.24, 2.45) is 0 Å². The Hall–Kier alpha value is -0.810. The average Bonchev–Trinajstić information content (AvgIpc) is 2.30. The van der Waals surface area contributed by atoms with Gasteiger partial charge in [0.2, 0.25) is 0 Å². The van der Waals surface area contributed by atoms with Crippen molar-refractivity contribution in [3.8, 4) is 0 Å². The molecule has 0 aliphatic carbocycles. The molecule has 0 bridgehead atoms. The summed E-state index contributed by atoms with van der Waals surface area (Å²) in [6.45, 7) is 0.955. The molecule has 0 fully saturated rings. The predicted octanol–water partition coefficient (Wildman–Crippen LogP) is 0.711. The van der Waals surface area contributed by atoms with Crippen LogP contribution in [0.2, 0.25) is 0 Å². The number of rotatable bonds is 4. The number of hydrogen-bond donors (Lipinski definition) is 2. The summed E-state index contributed by atoms with van der Waals surface area (Å²) in [6, 6.07) is 0. The number of aryl methyl sites for hydroxylation is 2. The smallest absolute Gasteiger partial charge is 0.255 e. The van der Waals surface area contributed by atoms with E-state index in [2.05, 4.69) is 15.3 Å². The first-order valence-electron chi connectivity index (χ1n) is 5.64. The van der Waals surface area contributed by atoms with Gasteiger partial charge in [-0.25, -0.2) is 4.98 Å². The number of hydrogen-bond acceptors (Lipinski definition) is 4. The molecule has 0 atom stereocenters. The Kier molecular flexibility index (Phi) is 4.01. The average molecular weight is 239 g/mol. The molecule has 16 heavy (non-hydrogen) atoms. The molecule has 2 rings (SSSR count). The van der Waals surface area contributed by atoms with Crippen molar-refractivity contribution in [3.05, 3.63) is 27.4 Å². The van der Waals surface area contributed by atoms with Crippen LogP contribution in [0, 0.1) is 0 Å². The Labute approximate surface area is 99.3 Å². The lowest BCUT2D eigenvalue weighted by Crippen LogP contribution is -2.23. The maximum Gasteiger partial charge on any atom is 0.255 e. The molecule has 2 N–H and O–H groups in total. The zero-order valence-electron chi connectivity index (χ0n) is 9.51. The van der Waals surface area contributed by atoms with Crippen LogP contribution in [0.15, 0.2) is 4.79 Å². The van der Waals surface area contributed by atoms with E-state index in [9.17, 15) is 4.79 Å². The van der Waals surface area contributed by atoms with Gasteiger partial charge < -0.3 is 10.3 Å². The molecular weight excluding hydrogens is 222 g/mol. The number of thioether (sulfide) groups is 1. The minimum absolute atomic E-state index is 0.0663. The van der Waals surface area contributed by atoms with E-state index in [0.29, 0.717) is 0 Å². The summed E-state index contributed by atoms with van der Waals surface area (Å²) >= 11 is 1.81. The van der Waals surface area contributed by atoms with E-state index in [1.807, 2.05) is 18.8 Å². The molecule has 0 saturated heterocycles. The van der Waals surface area contributed by atoms with Crippen LogP contribution < -0.4 is 10.9 Å². The molecule has 0 spiro atoms. The lowest BCUT2D eigenvalue weighted by Gasteiger charge is -2.14. The van der Waals surface area contributed by atoms with Crippen LogP contribution in [0.25, 0.3) is 0 Å². The Bertz CT molecular complexity index is 416. The first-order chi connectivity index (χ1) is 7.81. The fourth-order valence-electron chi connectivity index (χ4n) is 1.85. The summed E-state index contributed by atoms with van der Waals surface area (Å²) in [5.41, 5.74) is 1.97. The highest BCUT2D eigenvalue weighted by Crippen LogP contribution is 2.19. The first kappa shape index (κ1) is 11.7. The maximum absolute atomic E-state index is 11.8. The quantitative estimate of drug-likeness (QED) is 0.760. The molecule has 0 radical (unpaired) electrons. The lowest BCUT2D eigenvalue weighted by molar-refractivity contribution is 0.693. The Morgan fingerprint density at radius 1 is 1.56 bits per heavy atom. The Morgan fingerprint density at radius 2 is 2.44 bits per heavy atom. The number of aromatic amines is 1. The van der Waals surface area contributed by atoms with Gasteiger partial charge in [0, 0.05) is 17.7 Å². The highest BCUT2D eigenvalue weighted by molar-refractivity contribution is 7.98. The van der Waals surface area contributed by atoms with Crippen molar-refractivity contribution < 1.29 is 0 Å². The van der Waals surface area contributed by atoms with Gasteiger partial charge in [-0.05, 0) is 32.2 Å². The van der Waals surface area contributed by atoms with Gasteiger partial charge in [-0.1, -0.05) is 0 Å². The van der Waals surface area contributed by atoms with Crippen molar-refractivity contribution in [2.45, 2.75) is 25.0 Å². The zero-order valence-corrected chi connectivity index (χ0v) is 10.3. The van der Waals surface area contributed by atoms with Crippen LogP contribution in [0.3, 0.4) is 0 Å². The van der Waals surface area contributed by atoms with Gasteiger partial charge in [0.05, 0.1) is 5.69 Å². The molecule has 0 aromatic carbocycles. The third-order valence-electron chi connectivity index (χ3n) is 2.72. The number of aromatic nitrogens is 2. The Morgan fingerprint density at radius 3 is 3.25 bits per heavy atom. The van der Waals surface area contributed by atoms with Crippen molar-refractivity contribution in [2.75, 3.05) is 19.3 Å². The van der Waals surface area contributed by atoms with Crippen LogP contribution in [-0.4, -0.2) is 29.3 Å². The van der Waals surface area contributed by atoms with Crippen molar-refractivity contribution >= 4 is 11.8 Å². The molecule has 1 aliphatic rings. The maximum atomic E-state index is 11.8. The third kappa shape index (κ3) is 2.65. The largest absolute Gasteiger partial charge is 0.320 e. The van der Waals surface area contributed by atoms with Crippen molar-refractivity contribution in [1.29, 1.82) is 0 Å². The summed E-state index contributed by atoms with van der Waals surface area (Å²) < 4.78 is 0. The molecule has 4 nitrogen and oxygen atoms in total. The van der Waals surface area contributed by atoms with Crippen molar-refractivity contribution in [1.82, 2.24) is 15.3 Å². The molecule has 0 unspecified atom stereocenters. The van der Waals surface area contributed by atoms with Crippen LogP contribution in [-0.2, 0) is 18.6 Å². The molecular formula is C11H17N3OS. The van der Waals surface area contributed by atoms with Crippen LogP contribution in [0.5, 0.6) is 0 Å². The highest BCUT2D eigenvalue weighted by Gasteiger charge is 2.15. The van der Waals surface area contributed by atoms with Gasteiger partial charge in [0.25, 0.3) is 5.56 Å². The molecule has 0 saturated carbocycles. The Balaban J connectivity index is 2.15. The van der Waals surface area contributed by atoms with E-state index in [4.69, 9.17) is 0 Å². The minimum atomic E-state index is 0.0663. The van der Waals surface area contributed by atoms with E-state index in [-0.39, 0.29) is 5.56 Å². The second kappa shape index (κ2) is 5.50. The number of nitrogens with one attached hydrogen (secondary N) is 2. The van der Waals surface area contributed by atoms with Gasteiger partial charge in [-0.2, -0.15) is 11.8 Å². The van der Waals surface area contributed by atoms with Crippen molar-refractivity contribution in [3.63, 3.8) is 0 Å². The molecule has 88 valence electrons. The van der Waals surface area contributed by atoms with Gasteiger partial charge in [-0.3, -0.25) is 4.79 Å². The lowest BCUT2D eigenvalue weighted by atomic mass is 10.2. The molecule has 1 aliphatic heterocycles. The molecule has 1 aromatic rings. The SMILES string of the molecule is CNCCCc1nc2c(c(=O)[nH]1)CSCC2. The van der Waals surface area contributed by atoms with E-state index < -0.39 is 0 Å². The molecule has 2 heterocycles. The fraction of sp³-hybridized carbons (Fsp3) is 0.636. The van der Waals surface area contributed by atoms with Gasteiger partial charge in [0.15, 0.2) is 0 Å². The van der Waals surface area contributed by atoms with E-state index in [1.54, 1.807) is 0 Å². The number of nitrogens with zero attached hydrogens (tertiary/aromatic N) is 1.